The van der Waals surface area contributed by atoms with Crippen molar-refractivity contribution in [3.8, 4) is 5.88 Å². The Balaban J connectivity index is 2.10. The molecule has 0 aromatic carbocycles. The molecule has 0 amide bonds. The average molecular weight is 308 g/mol. The summed E-state index contributed by atoms with van der Waals surface area (Å²) in [7, 11) is 0. The van der Waals surface area contributed by atoms with E-state index in [0.29, 0.717) is 12.5 Å². The van der Waals surface area contributed by atoms with Gasteiger partial charge in [0.05, 0.1) is 24.2 Å². The van der Waals surface area contributed by atoms with Crippen molar-refractivity contribution in [2.45, 2.75) is 13.8 Å². The Morgan fingerprint density at radius 2 is 2.11 bits per heavy atom. The fraction of sp³-hybridized carbons (Fsp3) is 0.231. The van der Waals surface area contributed by atoms with Crippen LogP contribution in [0, 0.1) is 6.92 Å². The zero-order chi connectivity index (χ0) is 13.0. The zero-order valence-electron chi connectivity index (χ0n) is 10.3. The minimum atomic E-state index is 0.618. The van der Waals surface area contributed by atoms with E-state index in [-0.39, 0.29) is 0 Å². The largest absolute Gasteiger partial charge is 0.478 e. The van der Waals surface area contributed by atoms with Gasteiger partial charge in [0.2, 0.25) is 5.88 Å². The summed E-state index contributed by atoms with van der Waals surface area (Å²) >= 11 is 3.42. The first-order valence-corrected chi connectivity index (χ1v) is 6.47. The Labute approximate surface area is 115 Å². The van der Waals surface area contributed by atoms with Gasteiger partial charge >= 0.3 is 0 Å². The second-order valence-electron chi connectivity index (χ2n) is 3.71. The second-order valence-corrected chi connectivity index (χ2v) is 4.56. The number of hydrogen-bond donors (Lipinski definition) is 1. The molecule has 0 saturated heterocycles. The van der Waals surface area contributed by atoms with Crippen molar-refractivity contribution < 1.29 is 4.74 Å². The number of anilines is 2. The highest BCUT2D eigenvalue weighted by atomic mass is 79.9. The van der Waals surface area contributed by atoms with Crippen molar-refractivity contribution in [2.75, 3.05) is 11.9 Å². The van der Waals surface area contributed by atoms with E-state index >= 15 is 0 Å². The number of ether oxygens (including phenoxy) is 1. The van der Waals surface area contributed by atoms with Crippen LogP contribution in [0.3, 0.4) is 0 Å². The highest BCUT2D eigenvalue weighted by molar-refractivity contribution is 9.10. The fourth-order valence-electron chi connectivity index (χ4n) is 1.45. The fourth-order valence-corrected chi connectivity index (χ4v) is 1.67. The molecule has 0 unspecified atom stereocenters. The smallest absolute Gasteiger partial charge is 0.213 e. The molecule has 0 aliphatic carbocycles. The van der Waals surface area contributed by atoms with Crippen LogP contribution < -0.4 is 10.1 Å². The topological polar surface area (TPSA) is 47.0 Å². The van der Waals surface area contributed by atoms with Crippen LogP contribution >= 0.6 is 15.9 Å². The molecule has 0 aliphatic heterocycles. The van der Waals surface area contributed by atoms with Crippen molar-refractivity contribution in [3.05, 3.63) is 40.6 Å². The molecule has 0 bridgehead atoms. The van der Waals surface area contributed by atoms with Crippen LogP contribution in [0.1, 0.15) is 12.6 Å². The van der Waals surface area contributed by atoms with Crippen LogP contribution in [0.5, 0.6) is 5.88 Å². The van der Waals surface area contributed by atoms with Crippen LogP contribution in [0.2, 0.25) is 0 Å². The molecule has 0 spiro atoms. The van der Waals surface area contributed by atoms with E-state index in [0.717, 1.165) is 21.7 Å². The van der Waals surface area contributed by atoms with E-state index in [1.807, 2.05) is 38.1 Å². The molecule has 2 aromatic heterocycles. The van der Waals surface area contributed by atoms with E-state index < -0.39 is 0 Å². The molecule has 5 heteroatoms. The number of rotatable bonds is 4. The average Bonchev–Trinajstić information content (AvgIpc) is 2.37. The van der Waals surface area contributed by atoms with Crippen molar-refractivity contribution >= 4 is 27.4 Å². The first kappa shape index (κ1) is 12.8. The molecular weight excluding hydrogens is 294 g/mol. The van der Waals surface area contributed by atoms with Gasteiger partial charge in [0.25, 0.3) is 0 Å². The standard InChI is InChI=1S/C13H14BrN3O/c1-3-18-13-7-4-10(8-15-13)17-12-6-5-11(14)9(2)16-12/h4-8H,3H2,1-2H3,(H,16,17). The summed E-state index contributed by atoms with van der Waals surface area (Å²) < 4.78 is 6.28. The number of nitrogens with zero attached hydrogens (tertiary/aromatic N) is 2. The Kier molecular flexibility index (Phi) is 4.15. The van der Waals surface area contributed by atoms with Gasteiger partial charge in [-0.1, -0.05) is 0 Å². The van der Waals surface area contributed by atoms with Crippen LogP contribution in [-0.2, 0) is 0 Å². The normalized spacial score (nSPS) is 10.2. The van der Waals surface area contributed by atoms with Gasteiger partial charge in [0, 0.05) is 10.5 Å². The molecule has 0 fully saturated rings. The van der Waals surface area contributed by atoms with Gasteiger partial charge in [0.15, 0.2) is 0 Å². The van der Waals surface area contributed by atoms with Crippen molar-refractivity contribution in [1.82, 2.24) is 9.97 Å². The highest BCUT2D eigenvalue weighted by Gasteiger charge is 2.01. The molecule has 0 radical (unpaired) electrons. The number of halogens is 1. The highest BCUT2D eigenvalue weighted by Crippen LogP contribution is 2.20. The monoisotopic (exact) mass is 307 g/mol. The van der Waals surface area contributed by atoms with Gasteiger partial charge in [0.1, 0.15) is 5.82 Å². The van der Waals surface area contributed by atoms with Crippen molar-refractivity contribution in [3.63, 3.8) is 0 Å². The van der Waals surface area contributed by atoms with E-state index in [2.05, 4.69) is 31.2 Å². The van der Waals surface area contributed by atoms with E-state index in [1.54, 1.807) is 6.20 Å². The van der Waals surface area contributed by atoms with Gasteiger partial charge in [-0.25, -0.2) is 9.97 Å². The molecule has 0 atom stereocenters. The van der Waals surface area contributed by atoms with Gasteiger partial charge in [-0.3, -0.25) is 0 Å². The maximum Gasteiger partial charge on any atom is 0.213 e. The summed E-state index contributed by atoms with van der Waals surface area (Å²) in [5, 5.41) is 3.19. The Morgan fingerprint density at radius 3 is 2.72 bits per heavy atom. The summed E-state index contributed by atoms with van der Waals surface area (Å²) in [5.41, 5.74) is 1.83. The third-order valence-electron chi connectivity index (χ3n) is 2.32. The van der Waals surface area contributed by atoms with E-state index in [4.69, 9.17) is 4.74 Å². The molecular formula is C13H14BrN3O. The molecule has 2 rings (SSSR count). The molecule has 1 N–H and O–H groups in total. The van der Waals surface area contributed by atoms with Gasteiger partial charge in [-0.05, 0) is 48.0 Å². The zero-order valence-corrected chi connectivity index (χ0v) is 11.9. The van der Waals surface area contributed by atoms with Gasteiger partial charge in [-0.2, -0.15) is 0 Å². The Hall–Kier alpha value is -1.62. The second kappa shape index (κ2) is 5.82. The molecule has 4 nitrogen and oxygen atoms in total. The first-order chi connectivity index (χ1) is 8.69. The van der Waals surface area contributed by atoms with Crippen molar-refractivity contribution in [2.24, 2.45) is 0 Å². The lowest BCUT2D eigenvalue weighted by molar-refractivity contribution is 0.327. The Bertz CT molecular complexity index is 528. The van der Waals surface area contributed by atoms with Crippen LogP contribution in [0.15, 0.2) is 34.9 Å². The predicted octanol–water partition coefficient (Wildman–Crippen LogP) is 3.69. The predicted molar refractivity (Wildman–Crippen MR) is 75.4 cm³/mol. The minimum Gasteiger partial charge on any atom is -0.478 e. The maximum absolute atomic E-state index is 5.29. The van der Waals surface area contributed by atoms with Crippen molar-refractivity contribution in [1.29, 1.82) is 0 Å². The lowest BCUT2D eigenvalue weighted by Crippen LogP contribution is -1.97. The Morgan fingerprint density at radius 1 is 1.28 bits per heavy atom. The molecule has 2 heterocycles. The van der Waals surface area contributed by atoms with Crippen LogP contribution in [-0.4, -0.2) is 16.6 Å². The number of nitrogens with one attached hydrogen (secondary N) is 1. The van der Waals surface area contributed by atoms with Gasteiger partial charge < -0.3 is 10.1 Å². The molecule has 2 aromatic rings. The molecule has 0 saturated carbocycles. The van der Waals surface area contributed by atoms with E-state index in [9.17, 15) is 0 Å². The summed E-state index contributed by atoms with van der Waals surface area (Å²) in [6.45, 7) is 4.50. The van der Waals surface area contributed by atoms with Crippen LogP contribution in [0.4, 0.5) is 11.5 Å². The summed E-state index contributed by atoms with van der Waals surface area (Å²) in [5.74, 6) is 1.42. The number of aryl methyl sites for hydroxylation is 1. The number of aromatic nitrogens is 2. The first-order valence-electron chi connectivity index (χ1n) is 5.68. The van der Waals surface area contributed by atoms with E-state index in [1.165, 1.54) is 0 Å². The lowest BCUT2D eigenvalue weighted by atomic mass is 10.3. The molecule has 18 heavy (non-hydrogen) atoms. The molecule has 0 aliphatic rings. The maximum atomic E-state index is 5.29. The third-order valence-corrected chi connectivity index (χ3v) is 3.16. The number of hydrogen-bond acceptors (Lipinski definition) is 4. The quantitative estimate of drug-likeness (QED) is 0.936. The lowest BCUT2D eigenvalue weighted by Gasteiger charge is -2.07. The third kappa shape index (κ3) is 3.20. The SMILES string of the molecule is CCOc1ccc(Nc2ccc(Br)c(C)n2)cn1. The summed E-state index contributed by atoms with van der Waals surface area (Å²) in [4.78, 5) is 8.59. The van der Waals surface area contributed by atoms with Crippen LogP contribution in [0.25, 0.3) is 0 Å². The number of pyridine rings is 2. The van der Waals surface area contributed by atoms with Gasteiger partial charge in [-0.15, -0.1) is 0 Å². The summed E-state index contributed by atoms with van der Waals surface area (Å²) in [6.07, 6.45) is 1.73. The molecule has 94 valence electrons. The summed E-state index contributed by atoms with van der Waals surface area (Å²) in [6, 6.07) is 7.62. The minimum absolute atomic E-state index is 0.618.